The van der Waals surface area contributed by atoms with Crippen LogP contribution in [0.5, 0.6) is 23.0 Å². The molecule has 3 aromatic rings. The zero-order chi connectivity index (χ0) is 38.6. The average molecular weight is 753 g/mol. The van der Waals surface area contributed by atoms with Gasteiger partial charge in [0, 0.05) is 36.6 Å². The fraction of sp³-hybridized carbons (Fsp3) is 0.581. The lowest BCUT2D eigenvalue weighted by Crippen LogP contribution is -2.38. The van der Waals surface area contributed by atoms with E-state index in [9.17, 15) is 14.7 Å². The highest BCUT2D eigenvalue weighted by molar-refractivity contribution is 6.05. The molecule has 0 saturated carbocycles. The van der Waals surface area contributed by atoms with E-state index >= 15 is 0 Å². The van der Waals surface area contributed by atoms with Gasteiger partial charge in [0.1, 0.15) is 23.0 Å². The SMILES string of the molecule is CCCCCCCCCCCCOc1cccc(OCCCCNC(=O)c2cc(OCC(=O)NCC(OCC)OCCOCC)c3ccccc3c2O)c1. The molecule has 0 fully saturated rings. The molecule has 11 heteroatoms. The highest BCUT2D eigenvalue weighted by atomic mass is 16.7. The number of amides is 2. The van der Waals surface area contributed by atoms with E-state index in [0.29, 0.717) is 69.1 Å². The minimum atomic E-state index is -0.620. The van der Waals surface area contributed by atoms with Gasteiger partial charge in [0.25, 0.3) is 11.8 Å². The van der Waals surface area contributed by atoms with Crippen LogP contribution in [0.15, 0.2) is 54.6 Å². The topological polar surface area (TPSA) is 134 Å². The zero-order valence-electron chi connectivity index (χ0n) is 32.8. The fourth-order valence-electron chi connectivity index (χ4n) is 5.89. The number of fused-ring (bicyclic) bond motifs is 1. The third-order valence-corrected chi connectivity index (χ3v) is 8.83. The van der Waals surface area contributed by atoms with Crippen molar-refractivity contribution >= 4 is 22.6 Å². The van der Waals surface area contributed by atoms with E-state index in [1.807, 2.05) is 38.1 Å². The van der Waals surface area contributed by atoms with Crippen LogP contribution < -0.4 is 24.8 Å². The molecule has 0 aliphatic carbocycles. The summed E-state index contributed by atoms with van der Waals surface area (Å²) in [5, 5.41) is 17.7. The quantitative estimate of drug-likeness (QED) is 0.0438. The Morgan fingerprint density at radius 2 is 1.30 bits per heavy atom. The van der Waals surface area contributed by atoms with E-state index in [1.54, 1.807) is 24.3 Å². The van der Waals surface area contributed by atoms with Gasteiger partial charge in [0.15, 0.2) is 12.9 Å². The lowest BCUT2D eigenvalue weighted by molar-refractivity contribution is -0.149. The summed E-state index contributed by atoms with van der Waals surface area (Å²) in [6.07, 6.45) is 13.7. The standard InChI is InChI=1S/C43H64N2O9/c1-4-7-8-9-10-11-12-13-14-18-26-51-34-21-20-22-35(30-34)52-27-19-17-25-44-43(48)38-31-39(36-23-15-16-24-37(36)42(38)47)54-33-40(46)45-32-41(50-6-3)53-29-28-49-5-2/h15-16,20-24,30-31,41,47H,4-14,17-19,25-29,32-33H2,1-3H3,(H,44,48)(H,45,46). The molecule has 300 valence electrons. The van der Waals surface area contributed by atoms with Crippen molar-refractivity contribution in [1.82, 2.24) is 10.6 Å². The number of rotatable bonds is 31. The van der Waals surface area contributed by atoms with E-state index < -0.39 is 12.2 Å². The van der Waals surface area contributed by atoms with Gasteiger partial charge in [-0.25, -0.2) is 0 Å². The van der Waals surface area contributed by atoms with Gasteiger partial charge in [0.2, 0.25) is 0 Å². The van der Waals surface area contributed by atoms with Crippen LogP contribution in [0.4, 0.5) is 0 Å². The monoisotopic (exact) mass is 752 g/mol. The molecule has 2 amide bonds. The number of hydrogen-bond donors (Lipinski definition) is 3. The van der Waals surface area contributed by atoms with Crippen molar-refractivity contribution in [3.63, 3.8) is 0 Å². The van der Waals surface area contributed by atoms with E-state index in [2.05, 4.69) is 17.6 Å². The van der Waals surface area contributed by atoms with Crippen LogP contribution in [0.2, 0.25) is 0 Å². The third kappa shape index (κ3) is 17.4. The maximum atomic E-state index is 13.2. The van der Waals surface area contributed by atoms with Gasteiger partial charge >= 0.3 is 0 Å². The molecule has 3 rings (SSSR count). The summed E-state index contributed by atoms with van der Waals surface area (Å²) in [5.41, 5.74) is 0.0640. The van der Waals surface area contributed by atoms with Crippen molar-refractivity contribution < 1.29 is 43.1 Å². The largest absolute Gasteiger partial charge is 0.506 e. The van der Waals surface area contributed by atoms with E-state index in [4.69, 9.17) is 28.4 Å². The number of phenolic OH excluding ortho intramolecular Hbond substituents is 1. The molecule has 1 atom stereocenters. The summed E-state index contributed by atoms with van der Waals surface area (Å²) in [5.74, 6) is 0.889. The van der Waals surface area contributed by atoms with Crippen LogP contribution in [0, 0.1) is 0 Å². The summed E-state index contributed by atoms with van der Waals surface area (Å²) >= 11 is 0. The first-order valence-electron chi connectivity index (χ1n) is 20.1. The normalized spacial score (nSPS) is 11.7. The predicted molar refractivity (Wildman–Crippen MR) is 213 cm³/mol. The maximum absolute atomic E-state index is 13.2. The van der Waals surface area contributed by atoms with Gasteiger partial charge in [-0.15, -0.1) is 0 Å². The van der Waals surface area contributed by atoms with E-state index in [1.165, 1.54) is 63.9 Å². The number of benzene rings is 3. The molecule has 0 aliphatic rings. The fourth-order valence-corrected chi connectivity index (χ4v) is 5.89. The summed E-state index contributed by atoms with van der Waals surface area (Å²) in [6, 6.07) is 16.2. The smallest absolute Gasteiger partial charge is 0.258 e. The molecule has 0 heterocycles. The van der Waals surface area contributed by atoms with Crippen LogP contribution in [0.3, 0.4) is 0 Å². The molecule has 0 saturated heterocycles. The molecule has 54 heavy (non-hydrogen) atoms. The maximum Gasteiger partial charge on any atom is 0.258 e. The van der Waals surface area contributed by atoms with Crippen molar-refractivity contribution in [2.45, 2.75) is 104 Å². The van der Waals surface area contributed by atoms with Crippen molar-refractivity contribution in [2.24, 2.45) is 0 Å². The predicted octanol–water partition coefficient (Wildman–Crippen LogP) is 8.34. The van der Waals surface area contributed by atoms with E-state index in [0.717, 1.165) is 24.3 Å². The van der Waals surface area contributed by atoms with Crippen LogP contribution in [0.1, 0.15) is 108 Å². The first-order valence-corrected chi connectivity index (χ1v) is 20.1. The molecule has 0 aliphatic heterocycles. The Hall–Kier alpha value is -4.06. The van der Waals surface area contributed by atoms with Crippen LogP contribution >= 0.6 is 0 Å². The average Bonchev–Trinajstić information content (AvgIpc) is 3.18. The molecule has 0 bridgehead atoms. The molecular weight excluding hydrogens is 688 g/mol. The molecule has 3 aromatic carbocycles. The summed E-state index contributed by atoms with van der Waals surface area (Å²) < 4.78 is 34.2. The zero-order valence-corrected chi connectivity index (χ0v) is 32.8. The van der Waals surface area contributed by atoms with Gasteiger partial charge in [-0.1, -0.05) is 95.0 Å². The van der Waals surface area contributed by atoms with Gasteiger partial charge in [-0.05, 0) is 51.3 Å². The minimum absolute atomic E-state index is 0.0640. The Kier molecular flexibility index (Phi) is 22.6. The summed E-state index contributed by atoms with van der Waals surface area (Å²) in [4.78, 5) is 25.8. The lowest BCUT2D eigenvalue weighted by Gasteiger charge is -2.19. The Labute approximate surface area is 322 Å². The van der Waals surface area contributed by atoms with Crippen molar-refractivity contribution in [1.29, 1.82) is 0 Å². The molecule has 11 nitrogen and oxygen atoms in total. The van der Waals surface area contributed by atoms with Crippen molar-refractivity contribution in [2.75, 3.05) is 59.3 Å². The first kappa shape index (κ1) is 44.3. The Morgan fingerprint density at radius 1 is 0.648 bits per heavy atom. The number of nitrogens with one attached hydrogen (secondary N) is 2. The van der Waals surface area contributed by atoms with Gasteiger partial charge in [0.05, 0.1) is 38.5 Å². The number of phenols is 1. The van der Waals surface area contributed by atoms with Gasteiger partial charge in [-0.2, -0.15) is 0 Å². The van der Waals surface area contributed by atoms with Gasteiger partial charge < -0.3 is 44.2 Å². The second-order valence-corrected chi connectivity index (χ2v) is 13.2. The third-order valence-electron chi connectivity index (χ3n) is 8.83. The molecule has 3 N–H and O–H groups in total. The molecular formula is C43H64N2O9. The second kappa shape index (κ2) is 27.5. The number of aromatic hydroxyl groups is 1. The Bertz CT molecular complexity index is 1480. The van der Waals surface area contributed by atoms with Crippen LogP contribution in [0.25, 0.3) is 10.8 Å². The minimum Gasteiger partial charge on any atom is -0.506 e. The Morgan fingerprint density at radius 3 is 1.96 bits per heavy atom. The van der Waals surface area contributed by atoms with Crippen LogP contribution in [-0.2, 0) is 19.0 Å². The highest BCUT2D eigenvalue weighted by Gasteiger charge is 2.19. The molecule has 0 aromatic heterocycles. The lowest BCUT2D eigenvalue weighted by atomic mass is 10.0. The van der Waals surface area contributed by atoms with Crippen LogP contribution in [-0.4, -0.2) is 82.5 Å². The highest BCUT2D eigenvalue weighted by Crippen LogP contribution is 2.36. The first-order chi connectivity index (χ1) is 26.5. The number of carbonyl (C=O) groups is 2. The number of ether oxygens (including phenoxy) is 6. The second-order valence-electron chi connectivity index (χ2n) is 13.2. The summed E-state index contributed by atoms with van der Waals surface area (Å²) in [6.45, 7) is 9.21. The summed E-state index contributed by atoms with van der Waals surface area (Å²) in [7, 11) is 0. The number of hydrogen-bond acceptors (Lipinski definition) is 9. The van der Waals surface area contributed by atoms with E-state index in [-0.39, 0.29) is 30.4 Å². The Balaban J connectivity index is 1.38. The molecule has 0 radical (unpaired) electrons. The molecule has 1 unspecified atom stereocenters. The van der Waals surface area contributed by atoms with Crippen molar-refractivity contribution in [3.8, 4) is 23.0 Å². The van der Waals surface area contributed by atoms with Crippen molar-refractivity contribution in [3.05, 3.63) is 60.2 Å². The van der Waals surface area contributed by atoms with Gasteiger partial charge in [-0.3, -0.25) is 9.59 Å². The number of carbonyl (C=O) groups excluding carboxylic acids is 2. The molecule has 0 spiro atoms. The number of unbranched alkanes of at least 4 members (excludes halogenated alkanes) is 10.